The van der Waals surface area contributed by atoms with Gasteiger partial charge in [0.15, 0.2) is 0 Å². The van der Waals surface area contributed by atoms with E-state index in [4.69, 9.17) is 10.8 Å². The molecule has 1 aromatic rings. The van der Waals surface area contributed by atoms with Crippen molar-refractivity contribution in [3.05, 3.63) is 29.8 Å². The van der Waals surface area contributed by atoms with Crippen LogP contribution in [0.25, 0.3) is 0 Å². The predicted molar refractivity (Wildman–Crippen MR) is 71.0 cm³/mol. The van der Waals surface area contributed by atoms with Gasteiger partial charge in [-0.2, -0.15) is 0 Å². The van der Waals surface area contributed by atoms with Crippen LogP contribution in [0.1, 0.15) is 38.2 Å². The van der Waals surface area contributed by atoms with E-state index in [-0.39, 0.29) is 18.1 Å². The van der Waals surface area contributed by atoms with Crippen LogP contribution in [0, 0.1) is 0 Å². The SMILES string of the molecule is CCC(CC(C)(N)C(=O)O)c1cccc(OC(F)(F)F)c1. The molecule has 0 aliphatic carbocycles. The lowest BCUT2D eigenvalue weighted by molar-refractivity contribution is -0.274. The van der Waals surface area contributed by atoms with E-state index in [1.807, 2.05) is 6.92 Å². The molecule has 0 fully saturated rings. The maximum atomic E-state index is 12.2. The van der Waals surface area contributed by atoms with Crippen LogP contribution in [0.3, 0.4) is 0 Å². The highest BCUT2D eigenvalue weighted by atomic mass is 19.4. The normalized spacial score (nSPS) is 16.1. The fourth-order valence-corrected chi connectivity index (χ4v) is 2.06. The molecule has 0 saturated carbocycles. The molecule has 0 aliphatic heterocycles. The summed E-state index contributed by atoms with van der Waals surface area (Å²) in [4.78, 5) is 11.1. The van der Waals surface area contributed by atoms with E-state index >= 15 is 0 Å². The maximum Gasteiger partial charge on any atom is 0.573 e. The van der Waals surface area contributed by atoms with Crippen LogP contribution in [0.4, 0.5) is 13.2 Å². The minimum atomic E-state index is -4.76. The number of rotatable bonds is 6. The van der Waals surface area contributed by atoms with Crippen molar-refractivity contribution in [2.75, 3.05) is 0 Å². The molecule has 7 heteroatoms. The Bertz CT molecular complexity index is 500. The van der Waals surface area contributed by atoms with Crippen LogP contribution >= 0.6 is 0 Å². The van der Waals surface area contributed by atoms with Crippen molar-refractivity contribution in [2.24, 2.45) is 5.73 Å². The van der Waals surface area contributed by atoms with Crippen LogP contribution in [-0.2, 0) is 4.79 Å². The van der Waals surface area contributed by atoms with E-state index in [0.717, 1.165) is 0 Å². The van der Waals surface area contributed by atoms with E-state index < -0.39 is 17.9 Å². The van der Waals surface area contributed by atoms with Crippen molar-refractivity contribution in [1.29, 1.82) is 0 Å². The minimum absolute atomic E-state index is 0.119. The first kappa shape index (κ1) is 17.3. The van der Waals surface area contributed by atoms with Gasteiger partial charge in [-0.25, -0.2) is 0 Å². The van der Waals surface area contributed by atoms with Crippen LogP contribution in [0.15, 0.2) is 24.3 Å². The summed E-state index contributed by atoms with van der Waals surface area (Å²) in [5, 5.41) is 9.04. The maximum absolute atomic E-state index is 12.2. The fraction of sp³-hybridized carbons (Fsp3) is 0.500. The summed E-state index contributed by atoms with van der Waals surface area (Å²) in [6, 6.07) is 5.53. The summed E-state index contributed by atoms with van der Waals surface area (Å²) in [6.07, 6.45) is -4.09. The Balaban J connectivity index is 2.96. The summed E-state index contributed by atoms with van der Waals surface area (Å²) < 4.78 is 40.5. The van der Waals surface area contributed by atoms with Gasteiger partial charge >= 0.3 is 12.3 Å². The highest BCUT2D eigenvalue weighted by Crippen LogP contribution is 2.31. The molecule has 0 aromatic heterocycles. The molecule has 118 valence electrons. The Kier molecular flexibility index (Phi) is 5.22. The minimum Gasteiger partial charge on any atom is -0.480 e. The number of hydrogen-bond acceptors (Lipinski definition) is 3. The largest absolute Gasteiger partial charge is 0.573 e. The van der Waals surface area contributed by atoms with Crippen LogP contribution in [0.5, 0.6) is 5.75 Å². The van der Waals surface area contributed by atoms with Gasteiger partial charge in [0.05, 0.1) is 0 Å². The molecule has 0 aliphatic rings. The first-order valence-corrected chi connectivity index (χ1v) is 6.43. The number of hydrogen-bond donors (Lipinski definition) is 2. The number of halogens is 3. The standard InChI is InChI=1S/C14H18F3NO3/c1-3-9(8-13(2,18)12(19)20)10-5-4-6-11(7-10)21-14(15,16)17/h4-7,9H,3,8,18H2,1-2H3,(H,19,20). The Labute approximate surface area is 120 Å². The third-order valence-electron chi connectivity index (χ3n) is 3.21. The van der Waals surface area contributed by atoms with Crippen LogP contribution < -0.4 is 10.5 Å². The quantitative estimate of drug-likeness (QED) is 0.846. The molecule has 0 saturated heterocycles. The Morgan fingerprint density at radius 2 is 2.05 bits per heavy atom. The second-order valence-corrected chi connectivity index (χ2v) is 5.15. The molecule has 0 bridgehead atoms. The highest BCUT2D eigenvalue weighted by Gasteiger charge is 2.33. The van der Waals surface area contributed by atoms with Crippen molar-refractivity contribution in [2.45, 2.75) is 44.5 Å². The van der Waals surface area contributed by atoms with Gasteiger partial charge in [-0.05, 0) is 43.4 Å². The Morgan fingerprint density at radius 3 is 2.52 bits per heavy atom. The van der Waals surface area contributed by atoms with Gasteiger partial charge in [0, 0.05) is 0 Å². The van der Waals surface area contributed by atoms with Crippen molar-refractivity contribution in [3.63, 3.8) is 0 Å². The molecule has 0 spiro atoms. The number of nitrogens with two attached hydrogens (primary N) is 1. The van der Waals surface area contributed by atoms with E-state index in [0.29, 0.717) is 12.0 Å². The van der Waals surface area contributed by atoms with Crippen molar-refractivity contribution < 1.29 is 27.8 Å². The zero-order valence-electron chi connectivity index (χ0n) is 11.8. The molecule has 2 unspecified atom stereocenters. The molecule has 0 heterocycles. The van der Waals surface area contributed by atoms with E-state index in [1.165, 1.54) is 25.1 Å². The third kappa shape index (κ3) is 5.26. The van der Waals surface area contributed by atoms with Gasteiger partial charge in [-0.15, -0.1) is 13.2 Å². The van der Waals surface area contributed by atoms with Gasteiger partial charge < -0.3 is 15.6 Å². The van der Waals surface area contributed by atoms with Gasteiger partial charge in [0.25, 0.3) is 0 Å². The molecule has 2 atom stereocenters. The molecule has 3 N–H and O–H groups in total. The van der Waals surface area contributed by atoms with Crippen LogP contribution in [0.2, 0.25) is 0 Å². The Morgan fingerprint density at radius 1 is 1.43 bits per heavy atom. The van der Waals surface area contributed by atoms with E-state index in [9.17, 15) is 18.0 Å². The Hall–Kier alpha value is -1.76. The van der Waals surface area contributed by atoms with Crippen LogP contribution in [-0.4, -0.2) is 23.0 Å². The summed E-state index contributed by atoms with van der Waals surface area (Å²) in [5.74, 6) is -1.75. The lowest BCUT2D eigenvalue weighted by atomic mass is 9.84. The van der Waals surface area contributed by atoms with E-state index in [1.54, 1.807) is 6.07 Å². The molecule has 0 radical (unpaired) electrons. The number of aliphatic carboxylic acids is 1. The summed E-state index contributed by atoms with van der Waals surface area (Å²) >= 11 is 0. The highest BCUT2D eigenvalue weighted by molar-refractivity contribution is 5.77. The van der Waals surface area contributed by atoms with Gasteiger partial charge in [0.1, 0.15) is 11.3 Å². The first-order valence-electron chi connectivity index (χ1n) is 6.43. The van der Waals surface area contributed by atoms with Crippen molar-refractivity contribution >= 4 is 5.97 Å². The third-order valence-corrected chi connectivity index (χ3v) is 3.21. The summed E-state index contributed by atoms with van der Waals surface area (Å²) in [5.41, 5.74) is 4.83. The number of alkyl halides is 3. The first-order chi connectivity index (χ1) is 9.55. The van der Waals surface area contributed by atoms with Gasteiger partial charge in [-0.1, -0.05) is 19.1 Å². The lowest BCUT2D eigenvalue weighted by Gasteiger charge is -2.25. The number of carboxylic acid groups (broad SMARTS) is 1. The predicted octanol–water partition coefficient (Wildman–Crippen LogP) is 3.27. The summed E-state index contributed by atoms with van der Waals surface area (Å²) in [6.45, 7) is 3.20. The molecular formula is C14H18F3NO3. The molecule has 1 aromatic carbocycles. The summed E-state index contributed by atoms with van der Waals surface area (Å²) in [7, 11) is 0. The molecular weight excluding hydrogens is 287 g/mol. The monoisotopic (exact) mass is 305 g/mol. The van der Waals surface area contributed by atoms with Crippen molar-refractivity contribution in [1.82, 2.24) is 0 Å². The smallest absolute Gasteiger partial charge is 0.480 e. The second-order valence-electron chi connectivity index (χ2n) is 5.15. The molecule has 1 rings (SSSR count). The van der Waals surface area contributed by atoms with Gasteiger partial charge in [0.2, 0.25) is 0 Å². The number of ether oxygens (including phenoxy) is 1. The lowest BCUT2D eigenvalue weighted by Crippen LogP contribution is -2.45. The molecule has 21 heavy (non-hydrogen) atoms. The zero-order valence-corrected chi connectivity index (χ0v) is 11.8. The number of carbonyl (C=O) groups is 1. The molecule has 4 nitrogen and oxygen atoms in total. The van der Waals surface area contributed by atoms with Gasteiger partial charge in [-0.3, -0.25) is 4.79 Å². The second kappa shape index (κ2) is 6.34. The topological polar surface area (TPSA) is 72.6 Å². The number of carboxylic acids is 1. The van der Waals surface area contributed by atoms with Crippen molar-refractivity contribution in [3.8, 4) is 5.75 Å². The number of benzene rings is 1. The zero-order chi connectivity index (χ0) is 16.3. The fourth-order valence-electron chi connectivity index (χ4n) is 2.06. The molecule has 0 amide bonds. The average molecular weight is 305 g/mol. The average Bonchev–Trinajstić information content (AvgIpc) is 2.34. The van der Waals surface area contributed by atoms with E-state index in [2.05, 4.69) is 4.74 Å².